The first-order valence-corrected chi connectivity index (χ1v) is 9.06. The van der Waals surface area contributed by atoms with Crippen molar-refractivity contribution in [1.82, 2.24) is 0 Å². The van der Waals surface area contributed by atoms with Crippen molar-refractivity contribution in [2.75, 3.05) is 19.1 Å². The van der Waals surface area contributed by atoms with Crippen molar-refractivity contribution >= 4 is 33.0 Å². The Morgan fingerprint density at radius 3 is 2.40 bits per heavy atom. The molecular weight excluding hydrogens is 259 g/mol. The Hall–Kier alpha value is 0.910. The third-order valence-electron chi connectivity index (χ3n) is 1.70. The second-order valence-electron chi connectivity index (χ2n) is 3.57. The van der Waals surface area contributed by atoms with Gasteiger partial charge in [-0.05, 0) is 46.6 Å². The zero-order valence-electron chi connectivity index (χ0n) is 6.60. The number of ether oxygens (including phenoxy) is 1. The maximum atomic E-state index is 5.60. The first kappa shape index (κ1) is 9.00. The van der Waals surface area contributed by atoms with Gasteiger partial charge in [0.15, 0.2) is 0 Å². The molecule has 1 saturated heterocycles. The van der Waals surface area contributed by atoms with E-state index in [4.69, 9.17) is 4.74 Å². The van der Waals surface area contributed by atoms with Crippen LogP contribution in [0.1, 0.15) is 12.8 Å². The highest BCUT2D eigenvalue weighted by Gasteiger charge is 2.30. The molecule has 1 fully saturated rings. The van der Waals surface area contributed by atoms with E-state index in [1.54, 1.807) is 0 Å². The summed E-state index contributed by atoms with van der Waals surface area (Å²) in [6, 6.07) is 0. The summed E-state index contributed by atoms with van der Waals surface area (Å²) in [4.78, 5) is 0. The average Bonchev–Trinajstić information content (AvgIpc) is 2.04. The summed E-state index contributed by atoms with van der Waals surface area (Å²) >= 11 is 2.49. The summed E-state index contributed by atoms with van der Waals surface area (Å²) in [6.45, 7) is 0.942. The minimum Gasteiger partial charge on any atom is -0.369 e. The lowest BCUT2D eigenvalue weighted by Gasteiger charge is -2.38. The molecule has 1 aliphatic heterocycles. The largest absolute Gasteiger partial charge is 0.369 e. The molecular formula is C7H15IOS. The molecule has 0 amide bonds. The van der Waals surface area contributed by atoms with Crippen LogP contribution in [0.5, 0.6) is 0 Å². The van der Waals surface area contributed by atoms with Crippen molar-refractivity contribution in [3.05, 3.63) is 0 Å². The predicted molar refractivity (Wildman–Crippen MR) is 59.6 cm³/mol. The molecule has 0 N–H and O–H groups in total. The number of hydrogen-bond acceptors (Lipinski definition) is 1. The van der Waals surface area contributed by atoms with Gasteiger partial charge in [0.2, 0.25) is 0 Å². The van der Waals surface area contributed by atoms with E-state index < -0.39 is 5.92 Å². The zero-order valence-corrected chi connectivity index (χ0v) is 9.57. The van der Waals surface area contributed by atoms with Gasteiger partial charge in [-0.3, -0.25) is 0 Å². The van der Waals surface area contributed by atoms with Gasteiger partial charge in [-0.25, -0.2) is 0 Å². The average molecular weight is 274 g/mol. The highest BCUT2D eigenvalue weighted by Crippen LogP contribution is 2.64. The van der Waals surface area contributed by atoms with Crippen LogP contribution in [0.2, 0.25) is 0 Å². The molecule has 1 heterocycles. The minimum absolute atomic E-state index is 0.442. The summed E-state index contributed by atoms with van der Waals surface area (Å²) in [5.41, 5.74) is 0.442. The molecule has 0 aliphatic carbocycles. The molecule has 1 rings (SSSR count). The summed E-state index contributed by atoms with van der Waals surface area (Å²) < 4.78 is 5.60. The van der Waals surface area contributed by atoms with E-state index in [0.717, 1.165) is 6.61 Å². The minimum atomic E-state index is -1.45. The second kappa shape index (κ2) is 2.45. The van der Waals surface area contributed by atoms with Crippen LogP contribution in [0, 0.1) is 0 Å². The second-order valence-corrected chi connectivity index (χ2v) is 17.0. The molecule has 1 atom stereocenters. The van der Waals surface area contributed by atoms with Crippen molar-refractivity contribution < 1.29 is 4.74 Å². The van der Waals surface area contributed by atoms with Gasteiger partial charge in [-0.15, -0.1) is 0 Å². The number of halogens is 1. The lowest BCUT2D eigenvalue weighted by molar-refractivity contribution is 0.172. The van der Waals surface area contributed by atoms with E-state index >= 15 is 0 Å². The van der Waals surface area contributed by atoms with Crippen molar-refractivity contribution in [2.24, 2.45) is 0 Å². The smallest absolute Gasteiger partial charge is 0.0914 e. The molecule has 0 spiro atoms. The SMILES string of the molecule is C=S(C)(C)(I)C1CCCO1. The Bertz CT molecular complexity index is 177. The Kier molecular flexibility index (Phi) is 2.21. The van der Waals surface area contributed by atoms with Crippen LogP contribution in [0.15, 0.2) is 0 Å². The van der Waals surface area contributed by atoms with Crippen LogP contribution in [-0.4, -0.2) is 30.4 Å². The van der Waals surface area contributed by atoms with Crippen molar-refractivity contribution in [3.63, 3.8) is 0 Å². The molecule has 0 aromatic heterocycles. The Labute approximate surface area is 75.0 Å². The topological polar surface area (TPSA) is 9.23 Å². The maximum Gasteiger partial charge on any atom is 0.0914 e. The molecule has 1 aliphatic rings. The fraction of sp³-hybridized carbons (Fsp3) is 0.857. The van der Waals surface area contributed by atoms with E-state index in [1.807, 2.05) is 0 Å². The molecule has 1 unspecified atom stereocenters. The molecule has 0 aromatic carbocycles. The molecule has 1 nitrogen and oxygen atoms in total. The van der Waals surface area contributed by atoms with Crippen LogP contribution < -0.4 is 0 Å². The standard InChI is InChI=1S/C7H15IOS/c1-10(2,3,8)7-5-4-6-9-7/h7H,1,4-6H2,2-3H3. The van der Waals surface area contributed by atoms with Crippen LogP contribution >= 0.6 is 27.1 Å². The molecule has 0 aromatic rings. The van der Waals surface area contributed by atoms with Gasteiger partial charge in [0.05, 0.1) is 5.44 Å². The van der Waals surface area contributed by atoms with Crippen LogP contribution in [0.3, 0.4) is 0 Å². The molecule has 0 bridgehead atoms. The van der Waals surface area contributed by atoms with E-state index in [1.165, 1.54) is 12.8 Å². The fourth-order valence-corrected chi connectivity index (χ4v) is 3.73. The molecule has 0 saturated carbocycles. The normalized spacial score (nSPS) is 31.5. The highest BCUT2D eigenvalue weighted by molar-refractivity contribution is 14.2. The third-order valence-corrected chi connectivity index (χ3v) is 5.39. The summed E-state index contributed by atoms with van der Waals surface area (Å²) in [5, 5.41) is 0. The fourth-order valence-electron chi connectivity index (χ4n) is 1.12. The summed E-state index contributed by atoms with van der Waals surface area (Å²) in [7, 11) is 0. The number of hydrogen-bond donors (Lipinski definition) is 0. The van der Waals surface area contributed by atoms with Gasteiger partial charge in [0, 0.05) is 6.61 Å². The van der Waals surface area contributed by atoms with E-state index in [2.05, 4.69) is 39.6 Å². The van der Waals surface area contributed by atoms with Crippen LogP contribution in [-0.2, 0) is 4.74 Å². The Morgan fingerprint density at radius 1 is 1.60 bits per heavy atom. The van der Waals surface area contributed by atoms with E-state index in [9.17, 15) is 0 Å². The predicted octanol–water partition coefficient (Wildman–Crippen LogP) is 2.50. The lowest BCUT2D eigenvalue weighted by Crippen LogP contribution is -2.15. The molecule has 10 heavy (non-hydrogen) atoms. The maximum absolute atomic E-state index is 5.60. The van der Waals surface area contributed by atoms with Crippen LogP contribution in [0.4, 0.5) is 0 Å². The monoisotopic (exact) mass is 274 g/mol. The molecule has 0 radical (unpaired) electrons. The molecule has 3 heteroatoms. The quantitative estimate of drug-likeness (QED) is 0.527. The van der Waals surface area contributed by atoms with Gasteiger partial charge in [-0.2, -0.15) is 5.92 Å². The number of rotatable bonds is 1. The highest BCUT2D eigenvalue weighted by atomic mass is 127. The van der Waals surface area contributed by atoms with Gasteiger partial charge >= 0.3 is 0 Å². The first-order chi connectivity index (χ1) is 4.36. The lowest BCUT2D eigenvalue weighted by atomic mass is 10.4. The summed E-state index contributed by atoms with van der Waals surface area (Å²) in [5.74, 6) is 2.80. The Balaban J connectivity index is 2.74. The van der Waals surface area contributed by atoms with E-state index in [-0.39, 0.29) is 0 Å². The zero-order chi connectivity index (χ0) is 7.85. The summed E-state index contributed by atoms with van der Waals surface area (Å²) in [6.07, 6.45) is 6.92. The van der Waals surface area contributed by atoms with E-state index in [0.29, 0.717) is 5.44 Å². The Morgan fingerprint density at radius 2 is 2.20 bits per heavy atom. The third kappa shape index (κ3) is 2.20. The van der Waals surface area contributed by atoms with Gasteiger partial charge in [0.1, 0.15) is 0 Å². The van der Waals surface area contributed by atoms with Crippen molar-refractivity contribution in [1.29, 1.82) is 0 Å². The van der Waals surface area contributed by atoms with Crippen LogP contribution in [0.25, 0.3) is 0 Å². The van der Waals surface area contributed by atoms with Gasteiger partial charge in [0.25, 0.3) is 0 Å². The molecule has 62 valence electrons. The van der Waals surface area contributed by atoms with Gasteiger partial charge < -0.3 is 4.74 Å². The van der Waals surface area contributed by atoms with Gasteiger partial charge in [-0.1, -0.05) is 5.87 Å². The first-order valence-electron chi connectivity index (χ1n) is 3.43. The van der Waals surface area contributed by atoms with Crippen molar-refractivity contribution in [3.8, 4) is 0 Å². The van der Waals surface area contributed by atoms with Crippen molar-refractivity contribution in [2.45, 2.75) is 18.3 Å².